The molecule has 0 atom stereocenters. The van der Waals surface area contributed by atoms with E-state index in [4.69, 9.17) is 11.6 Å². The van der Waals surface area contributed by atoms with Crippen molar-refractivity contribution in [3.63, 3.8) is 0 Å². The first-order valence-electron chi connectivity index (χ1n) is 6.98. The first-order chi connectivity index (χ1) is 9.92. The van der Waals surface area contributed by atoms with Gasteiger partial charge in [0, 0.05) is 6.04 Å². The molecule has 0 saturated heterocycles. The zero-order valence-corrected chi connectivity index (χ0v) is 13.4. The van der Waals surface area contributed by atoms with E-state index in [1.54, 1.807) is 29.2 Å². The molecule has 0 aliphatic heterocycles. The number of rotatable bonds is 7. The Bertz CT molecular complexity index is 492. The molecule has 0 aliphatic rings. The molecule has 0 spiro atoms. The molecular formula is C15H22ClN3O2. The molecule has 6 heteroatoms. The van der Waals surface area contributed by atoms with Gasteiger partial charge in [-0.15, -0.1) is 0 Å². The predicted molar refractivity (Wildman–Crippen MR) is 85.5 cm³/mol. The summed E-state index contributed by atoms with van der Waals surface area (Å²) in [5.41, 5.74) is 0.576. The van der Waals surface area contributed by atoms with Gasteiger partial charge >= 0.3 is 0 Å². The van der Waals surface area contributed by atoms with Crippen LogP contribution in [0.4, 0.5) is 5.69 Å². The van der Waals surface area contributed by atoms with E-state index in [-0.39, 0.29) is 30.9 Å². The van der Waals surface area contributed by atoms with Crippen molar-refractivity contribution in [2.24, 2.45) is 0 Å². The van der Waals surface area contributed by atoms with Gasteiger partial charge in [0.25, 0.3) is 0 Å². The molecule has 0 saturated carbocycles. The minimum atomic E-state index is -0.192. The maximum absolute atomic E-state index is 12.0. The van der Waals surface area contributed by atoms with Gasteiger partial charge in [-0.2, -0.15) is 0 Å². The summed E-state index contributed by atoms with van der Waals surface area (Å²) < 4.78 is 0. The number of nitrogens with zero attached hydrogens (tertiary/aromatic N) is 1. The van der Waals surface area contributed by atoms with E-state index in [0.717, 1.165) is 0 Å². The molecular weight excluding hydrogens is 290 g/mol. The average Bonchev–Trinajstić information content (AvgIpc) is 2.39. The third-order valence-corrected chi connectivity index (χ3v) is 3.11. The molecule has 0 aliphatic carbocycles. The van der Waals surface area contributed by atoms with Crippen molar-refractivity contribution in [2.45, 2.75) is 26.8 Å². The lowest BCUT2D eigenvalue weighted by atomic mass is 10.3. The summed E-state index contributed by atoms with van der Waals surface area (Å²) in [6, 6.07) is 7.14. The maximum atomic E-state index is 12.0. The number of likely N-dealkylation sites (N-methyl/N-ethyl adjacent to an activating group) is 1. The van der Waals surface area contributed by atoms with Gasteiger partial charge in [-0.1, -0.05) is 30.7 Å². The summed E-state index contributed by atoms with van der Waals surface area (Å²) in [5.74, 6) is -0.278. The molecule has 116 valence electrons. The zero-order valence-electron chi connectivity index (χ0n) is 12.6. The number of benzene rings is 1. The predicted octanol–water partition coefficient (Wildman–Crippen LogP) is 2.12. The summed E-state index contributed by atoms with van der Waals surface area (Å²) in [7, 11) is 0. The van der Waals surface area contributed by atoms with Crippen molar-refractivity contribution < 1.29 is 9.59 Å². The minimum absolute atomic E-state index is 0.0857. The summed E-state index contributed by atoms with van der Waals surface area (Å²) in [5, 5.41) is 6.04. The van der Waals surface area contributed by atoms with Gasteiger partial charge in [0.1, 0.15) is 0 Å². The van der Waals surface area contributed by atoms with Crippen LogP contribution in [-0.2, 0) is 9.59 Å². The van der Waals surface area contributed by atoms with Crippen LogP contribution in [0.15, 0.2) is 24.3 Å². The number of amides is 2. The number of anilines is 1. The Labute approximate surface area is 130 Å². The highest BCUT2D eigenvalue weighted by Gasteiger charge is 2.14. The summed E-state index contributed by atoms with van der Waals surface area (Å²) in [6.07, 6.45) is 0. The SMILES string of the molecule is CCN(CC(=O)Nc1ccccc1Cl)CC(=O)NC(C)C. The molecule has 0 heterocycles. The fraction of sp³-hybridized carbons (Fsp3) is 0.467. The van der Waals surface area contributed by atoms with Gasteiger partial charge < -0.3 is 10.6 Å². The van der Waals surface area contributed by atoms with E-state index < -0.39 is 0 Å². The quantitative estimate of drug-likeness (QED) is 0.811. The largest absolute Gasteiger partial charge is 0.353 e. The zero-order chi connectivity index (χ0) is 15.8. The average molecular weight is 312 g/mol. The summed E-state index contributed by atoms with van der Waals surface area (Å²) in [4.78, 5) is 25.5. The number of hydrogen-bond donors (Lipinski definition) is 2. The Balaban J connectivity index is 2.51. The number of para-hydroxylation sites is 1. The van der Waals surface area contributed by atoms with Crippen molar-refractivity contribution in [1.29, 1.82) is 0 Å². The minimum Gasteiger partial charge on any atom is -0.353 e. The van der Waals surface area contributed by atoms with Crippen LogP contribution >= 0.6 is 11.6 Å². The Morgan fingerprint density at radius 1 is 1.19 bits per heavy atom. The molecule has 0 fully saturated rings. The highest BCUT2D eigenvalue weighted by atomic mass is 35.5. The third kappa shape index (κ3) is 6.60. The molecule has 0 aromatic heterocycles. The number of nitrogens with one attached hydrogen (secondary N) is 2. The molecule has 0 bridgehead atoms. The fourth-order valence-electron chi connectivity index (χ4n) is 1.81. The van der Waals surface area contributed by atoms with Crippen LogP contribution in [0.2, 0.25) is 5.02 Å². The van der Waals surface area contributed by atoms with Crippen LogP contribution in [0.3, 0.4) is 0 Å². The molecule has 1 rings (SSSR count). The van der Waals surface area contributed by atoms with Gasteiger partial charge in [0.15, 0.2) is 0 Å². The number of halogens is 1. The normalized spacial score (nSPS) is 10.8. The van der Waals surface area contributed by atoms with Crippen molar-refractivity contribution in [2.75, 3.05) is 25.0 Å². The second-order valence-electron chi connectivity index (χ2n) is 5.05. The molecule has 2 amide bonds. The topological polar surface area (TPSA) is 61.4 Å². The maximum Gasteiger partial charge on any atom is 0.238 e. The molecule has 0 radical (unpaired) electrons. The highest BCUT2D eigenvalue weighted by Crippen LogP contribution is 2.20. The van der Waals surface area contributed by atoms with Gasteiger partial charge in [-0.05, 0) is 32.5 Å². The smallest absolute Gasteiger partial charge is 0.238 e. The van der Waals surface area contributed by atoms with E-state index in [0.29, 0.717) is 17.3 Å². The highest BCUT2D eigenvalue weighted by molar-refractivity contribution is 6.33. The first kappa shape index (κ1) is 17.5. The van der Waals surface area contributed by atoms with Gasteiger partial charge in [-0.3, -0.25) is 14.5 Å². The summed E-state index contributed by atoms with van der Waals surface area (Å²) in [6.45, 7) is 6.67. The summed E-state index contributed by atoms with van der Waals surface area (Å²) >= 11 is 5.99. The van der Waals surface area contributed by atoms with Crippen molar-refractivity contribution >= 4 is 29.1 Å². The lowest BCUT2D eigenvalue weighted by Crippen LogP contribution is -2.42. The molecule has 1 aromatic rings. The Kier molecular flexibility index (Phi) is 7.19. The van der Waals surface area contributed by atoms with Crippen LogP contribution in [0.25, 0.3) is 0 Å². The van der Waals surface area contributed by atoms with Crippen LogP contribution in [0.5, 0.6) is 0 Å². The molecule has 0 unspecified atom stereocenters. The van der Waals surface area contributed by atoms with Gasteiger partial charge in [-0.25, -0.2) is 0 Å². The van der Waals surface area contributed by atoms with Crippen LogP contribution in [0.1, 0.15) is 20.8 Å². The van der Waals surface area contributed by atoms with Crippen LogP contribution < -0.4 is 10.6 Å². The Morgan fingerprint density at radius 3 is 2.38 bits per heavy atom. The van der Waals surface area contributed by atoms with Crippen molar-refractivity contribution in [1.82, 2.24) is 10.2 Å². The molecule has 21 heavy (non-hydrogen) atoms. The number of carbonyl (C=O) groups excluding carboxylic acids is 2. The van der Waals surface area contributed by atoms with E-state index in [9.17, 15) is 9.59 Å². The first-order valence-corrected chi connectivity index (χ1v) is 7.36. The lowest BCUT2D eigenvalue weighted by Gasteiger charge is -2.20. The number of hydrogen-bond acceptors (Lipinski definition) is 3. The fourth-order valence-corrected chi connectivity index (χ4v) is 1.99. The van der Waals surface area contributed by atoms with Crippen molar-refractivity contribution in [3.05, 3.63) is 29.3 Å². The van der Waals surface area contributed by atoms with Crippen molar-refractivity contribution in [3.8, 4) is 0 Å². The standard InChI is InChI=1S/C15H22ClN3O2/c1-4-19(9-14(20)17-11(2)3)10-15(21)18-13-8-6-5-7-12(13)16/h5-8,11H,4,9-10H2,1-3H3,(H,17,20)(H,18,21). The van der Waals surface area contributed by atoms with E-state index >= 15 is 0 Å². The second kappa shape index (κ2) is 8.64. The lowest BCUT2D eigenvalue weighted by molar-refractivity contribution is -0.123. The van der Waals surface area contributed by atoms with E-state index in [2.05, 4.69) is 10.6 Å². The van der Waals surface area contributed by atoms with Crippen LogP contribution in [-0.4, -0.2) is 42.4 Å². The van der Waals surface area contributed by atoms with Crippen LogP contribution in [0, 0.1) is 0 Å². The second-order valence-corrected chi connectivity index (χ2v) is 5.46. The third-order valence-electron chi connectivity index (χ3n) is 2.78. The van der Waals surface area contributed by atoms with E-state index in [1.165, 1.54) is 0 Å². The van der Waals surface area contributed by atoms with Gasteiger partial charge in [0.2, 0.25) is 11.8 Å². The molecule has 1 aromatic carbocycles. The monoisotopic (exact) mass is 311 g/mol. The van der Waals surface area contributed by atoms with Gasteiger partial charge in [0.05, 0.1) is 23.8 Å². The Morgan fingerprint density at radius 2 is 1.81 bits per heavy atom. The molecule has 5 nitrogen and oxygen atoms in total. The number of carbonyl (C=O) groups is 2. The molecule has 2 N–H and O–H groups in total. The Hall–Kier alpha value is -1.59. The van der Waals surface area contributed by atoms with E-state index in [1.807, 2.05) is 20.8 Å².